The smallest absolute Gasteiger partial charge is 0.159 e. The normalized spacial score (nSPS) is 14.5. The fourth-order valence-electron chi connectivity index (χ4n) is 7.98. The summed E-state index contributed by atoms with van der Waals surface area (Å²) in [4.78, 5) is 10.5. The average Bonchev–Trinajstić information content (AvgIpc) is 3.79. The predicted octanol–water partition coefficient (Wildman–Crippen LogP) is 12.5. The van der Waals surface area contributed by atoms with Crippen LogP contribution in [0, 0.1) is 0 Å². The van der Waals surface area contributed by atoms with Crippen molar-refractivity contribution < 1.29 is 0 Å². The lowest BCUT2D eigenvalue weighted by Crippen LogP contribution is -2.33. The number of aromatic nitrogens is 1. The summed E-state index contributed by atoms with van der Waals surface area (Å²) in [7, 11) is 0. The predicted molar refractivity (Wildman–Crippen MR) is 228 cm³/mol. The second-order valence-corrected chi connectivity index (χ2v) is 15.0. The zero-order valence-corrected chi connectivity index (χ0v) is 30.0. The minimum Gasteiger partial charge on any atom is -0.344 e. The highest BCUT2D eigenvalue weighted by atomic mass is 32.1. The third-order valence-corrected chi connectivity index (χ3v) is 11.8. The highest BCUT2D eigenvalue weighted by Crippen LogP contribution is 2.36. The number of fused-ring (bicyclic) bond motifs is 7. The molecule has 3 heterocycles. The van der Waals surface area contributed by atoms with Gasteiger partial charge in [-0.3, -0.25) is 0 Å². The molecule has 1 aliphatic heterocycles. The number of nitrogens with one attached hydrogen (secondary N) is 1. The van der Waals surface area contributed by atoms with Crippen molar-refractivity contribution in [2.24, 2.45) is 9.98 Å². The van der Waals surface area contributed by atoms with Gasteiger partial charge in [-0.2, -0.15) is 0 Å². The molecule has 1 N–H and O–H groups in total. The van der Waals surface area contributed by atoms with E-state index in [1.807, 2.05) is 11.3 Å². The Morgan fingerprint density at radius 3 is 1.94 bits per heavy atom. The summed E-state index contributed by atoms with van der Waals surface area (Å²) in [6.07, 6.45) is -0.326. The van der Waals surface area contributed by atoms with E-state index in [1.54, 1.807) is 0 Å². The van der Waals surface area contributed by atoms with Crippen LogP contribution < -0.4 is 5.32 Å². The van der Waals surface area contributed by atoms with Gasteiger partial charge in [-0.15, -0.1) is 11.3 Å². The Bertz CT molecular complexity index is 3090. The van der Waals surface area contributed by atoms with Crippen LogP contribution >= 0.6 is 11.3 Å². The molecule has 0 saturated carbocycles. The molecule has 1 atom stereocenters. The van der Waals surface area contributed by atoms with Gasteiger partial charge in [0, 0.05) is 47.8 Å². The molecule has 0 amide bonds. The summed E-state index contributed by atoms with van der Waals surface area (Å²) >= 11 is 1.81. The van der Waals surface area contributed by atoms with Crippen LogP contribution in [0.5, 0.6) is 0 Å². The van der Waals surface area contributed by atoms with Crippen molar-refractivity contribution in [1.29, 1.82) is 0 Å². The van der Waals surface area contributed by atoms with Crippen molar-refractivity contribution in [3.05, 3.63) is 199 Å². The van der Waals surface area contributed by atoms with E-state index in [9.17, 15) is 0 Å². The van der Waals surface area contributed by atoms with Gasteiger partial charge in [0.1, 0.15) is 12.0 Å². The van der Waals surface area contributed by atoms with Gasteiger partial charge >= 0.3 is 0 Å². The maximum Gasteiger partial charge on any atom is 0.159 e. The summed E-state index contributed by atoms with van der Waals surface area (Å²) in [5.74, 6) is 1.51. The van der Waals surface area contributed by atoms with Crippen LogP contribution in [0.25, 0.3) is 69.6 Å². The Hall–Kier alpha value is -6.82. The van der Waals surface area contributed by atoms with Crippen LogP contribution in [0.3, 0.4) is 0 Å². The summed E-state index contributed by atoms with van der Waals surface area (Å²) in [5, 5.41) is 11.2. The van der Waals surface area contributed by atoms with Crippen molar-refractivity contribution in [3.8, 4) is 16.8 Å². The molecule has 4 nitrogen and oxygen atoms in total. The van der Waals surface area contributed by atoms with Crippen molar-refractivity contribution in [1.82, 2.24) is 9.88 Å². The van der Waals surface area contributed by atoms with Gasteiger partial charge in [0.15, 0.2) is 5.84 Å². The molecule has 0 radical (unpaired) electrons. The molecule has 5 heteroatoms. The van der Waals surface area contributed by atoms with E-state index in [0.29, 0.717) is 5.84 Å². The second kappa shape index (κ2) is 12.4. The molecule has 1 aliphatic rings. The minimum absolute atomic E-state index is 0.326. The fraction of sp³-hybridized carbons (Fsp3) is 0.0204. The number of hydrogen-bond acceptors (Lipinski definition) is 4. The topological polar surface area (TPSA) is 41.7 Å². The Morgan fingerprint density at radius 2 is 1.13 bits per heavy atom. The third-order valence-electron chi connectivity index (χ3n) is 10.6. The highest BCUT2D eigenvalue weighted by Gasteiger charge is 2.23. The van der Waals surface area contributed by atoms with E-state index >= 15 is 0 Å². The number of hydrogen-bond donors (Lipinski definition) is 1. The first-order valence-corrected chi connectivity index (χ1v) is 19.1. The molecule has 0 bridgehead atoms. The summed E-state index contributed by atoms with van der Waals surface area (Å²) in [6.45, 7) is 0. The summed E-state index contributed by atoms with van der Waals surface area (Å²) < 4.78 is 4.87. The Kier molecular flexibility index (Phi) is 7.07. The van der Waals surface area contributed by atoms with Gasteiger partial charge in [-0.1, -0.05) is 140 Å². The number of para-hydroxylation sites is 2. The first-order chi connectivity index (χ1) is 26.7. The van der Waals surface area contributed by atoms with Crippen LogP contribution in [0.15, 0.2) is 192 Å². The zero-order valence-electron chi connectivity index (χ0n) is 29.1. The van der Waals surface area contributed by atoms with E-state index in [0.717, 1.165) is 28.2 Å². The van der Waals surface area contributed by atoms with Crippen LogP contribution in [0.1, 0.15) is 22.9 Å². The van der Waals surface area contributed by atoms with Crippen LogP contribution in [0.2, 0.25) is 0 Å². The van der Waals surface area contributed by atoms with E-state index in [2.05, 4.69) is 192 Å². The van der Waals surface area contributed by atoms with E-state index < -0.39 is 0 Å². The molecule has 254 valence electrons. The number of benzene rings is 8. The van der Waals surface area contributed by atoms with Crippen molar-refractivity contribution in [2.75, 3.05) is 0 Å². The van der Waals surface area contributed by atoms with Crippen molar-refractivity contribution >= 4 is 75.8 Å². The van der Waals surface area contributed by atoms with Gasteiger partial charge < -0.3 is 9.88 Å². The maximum absolute atomic E-state index is 5.27. The molecule has 2 aromatic heterocycles. The highest BCUT2D eigenvalue weighted by molar-refractivity contribution is 7.25. The second-order valence-electron chi connectivity index (χ2n) is 13.9. The maximum atomic E-state index is 5.27. The van der Waals surface area contributed by atoms with Crippen LogP contribution in [-0.2, 0) is 0 Å². The SMILES string of the molecule is c1cc(C2=NC(c3ccc4c(c3)sc3ccccc34)=NC(c3ccc(-c4ccc5ccccc5c4)cc3)N2)cc(-n2c3ccccc3c3ccccc32)c1. The summed E-state index contributed by atoms with van der Waals surface area (Å²) in [6, 6.07) is 65.1. The van der Waals surface area contributed by atoms with Crippen molar-refractivity contribution in [3.63, 3.8) is 0 Å². The first kappa shape index (κ1) is 30.8. The monoisotopic (exact) mass is 708 g/mol. The number of nitrogens with zero attached hydrogens (tertiary/aromatic N) is 3. The van der Waals surface area contributed by atoms with Gasteiger partial charge in [0.25, 0.3) is 0 Å². The lowest BCUT2D eigenvalue weighted by Gasteiger charge is -2.24. The molecule has 0 saturated heterocycles. The molecule has 10 aromatic rings. The minimum atomic E-state index is -0.326. The number of thiophene rings is 1. The van der Waals surface area contributed by atoms with Gasteiger partial charge in [0.05, 0.1) is 11.0 Å². The molecular weight excluding hydrogens is 677 g/mol. The number of rotatable bonds is 5. The Labute approximate surface area is 316 Å². The van der Waals surface area contributed by atoms with E-state index in [-0.39, 0.29) is 6.17 Å². The molecule has 54 heavy (non-hydrogen) atoms. The molecule has 0 fully saturated rings. The number of amidine groups is 2. The first-order valence-electron chi connectivity index (χ1n) is 18.3. The lowest BCUT2D eigenvalue weighted by atomic mass is 9.99. The summed E-state index contributed by atoms with van der Waals surface area (Å²) in [5.41, 5.74) is 8.89. The van der Waals surface area contributed by atoms with Gasteiger partial charge in [-0.05, 0) is 69.9 Å². The molecule has 0 spiro atoms. The van der Waals surface area contributed by atoms with E-state index in [1.165, 1.54) is 63.9 Å². The lowest BCUT2D eigenvalue weighted by molar-refractivity contribution is 0.674. The fourth-order valence-corrected chi connectivity index (χ4v) is 9.13. The molecule has 8 aromatic carbocycles. The van der Waals surface area contributed by atoms with Crippen molar-refractivity contribution in [2.45, 2.75) is 6.17 Å². The standard InChI is InChI=1S/C49H32N4S/c1-2-11-34-28-35(25-22-31(34)10-1)32-20-23-33(24-21-32)47-50-48(52-49(51-47)37-26-27-42-41-16-5-8-19-45(41)54-46(42)30-37)36-12-9-13-38(29-36)53-43-17-6-3-14-39(43)40-15-4-7-18-44(40)53/h1-30,47H,(H,50,51,52). The molecule has 1 unspecified atom stereocenters. The number of aliphatic imine (C=N–C) groups is 2. The largest absolute Gasteiger partial charge is 0.344 e. The molecular formula is C49H32N4S. The van der Waals surface area contributed by atoms with E-state index in [4.69, 9.17) is 9.98 Å². The third kappa shape index (κ3) is 5.12. The average molecular weight is 709 g/mol. The van der Waals surface area contributed by atoms with Crippen LogP contribution in [-0.4, -0.2) is 16.2 Å². The Morgan fingerprint density at radius 1 is 0.463 bits per heavy atom. The molecule has 0 aliphatic carbocycles. The Balaban J connectivity index is 1.02. The quantitative estimate of drug-likeness (QED) is 0.190. The molecule has 11 rings (SSSR count). The van der Waals surface area contributed by atoms with Gasteiger partial charge in [-0.25, -0.2) is 9.98 Å². The van der Waals surface area contributed by atoms with Gasteiger partial charge in [0.2, 0.25) is 0 Å². The zero-order chi connectivity index (χ0) is 35.6. The van der Waals surface area contributed by atoms with Crippen LogP contribution in [0.4, 0.5) is 0 Å².